The number of carbonyl (C=O) groups is 1. The van der Waals surface area contributed by atoms with E-state index in [4.69, 9.17) is 11.6 Å². The number of benzene rings is 1. The third kappa shape index (κ3) is 6.55. The van der Waals surface area contributed by atoms with E-state index in [-0.39, 0.29) is 5.82 Å². The number of anilines is 1. The highest BCUT2D eigenvalue weighted by atomic mass is 35.5. The molecule has 7 heteroatoms. The maximum atomic E-state index is 12.5. The van der Waals surface area contributed by atoms with Gasteiger partial charge < -0.3 is 10.6 Å². The predicted octanol–water partition coefficient (Wildman–Crippen LogP) is 3.85. The Morgan fingerprint density at radius 3 is 2.71 bits per heavy atom. The van der Waals surface area contributed by atoms with E-state index in [0.29, 0.717) is 23.2 Å². The molecule has 0 saturated carbocycles. The smallest absolute Gasteiger partial charge is 0.211 e. The first-order chi connectivity index (χ1) is 13.3. The van der Waals surface area contributed by atoms with E-state index >= 15 is 0 Å². The van der Waals surface area contributed by atoms with Gasteiger partial charge in [0.2, 0.25) is 6.41 Å². The summed E-state index contributed by atoms with van der Waals surface area (Å²) in [4.78, 5) is 16.8. The van der Waals surface area contributed by atoms with Crippen LogP contribution in [0.25, 0.3) is 0 Å². The van der Waals surface area contributed by atoms with Gasteiger partial charge in [-0.05, 0) is 62.6 Å². The average molecular weight is 407 g/mol. The van der Waals surface area contributed by atoms with Crippen molar-refractivity contribution in [3.8, 4) is 0 Å². The van der Waals surface area contributed by atoms with Crippen molar-refractivity contribution in [1.82, 2.24) is 15.2 Å². The second kappa shape index (κ2) is 10.5. The van der Waals surface area contributed by atoms with Gasteiger partial charge in [-0.2, -0.15) is 0 Å². The van der Waals surface area contributed by atoms with Crippen molar-refractivity contribution < 1.29 is 9.18 Å². The number of piperazine rings is 1. The molecule has 1 fully saturated rings. The molecular weight excluding hydrogens is 379 g/mol. The van der Waals surface area contributed by atoms with Crippen LogP contribution in [0.4, 0.5) is 10.1 Å². The summed E-state index contributed by atoms with van der Waals surface area (Å²) in [5.41, 5.74) is 4.37. The Labute approximate surface area is 171 Å². The van der Waals surface area contributed by atoms with Crippen LogP contribution in [-0.4, -0.2) is 42.0 Å². The minimum Gasteiger partial charge on any atom is -0.328 e. The molecule has 1 atom stereocenters. The number of aromatic nitrogens is 1. The largest absolute Gasteiger partial charge is 0.328 e. The molecule has 2 heterocycles. The zero-order valence-electron chi connectivity index (χ0n) is 16.9. The maximum absolute atomic E-state index is 12.5. The molecule has 1 aromatic carbocycles. The molecule has 0 spiro atoms. The highest BCUT2D eigenvalue weighted by Crippen LogP contribution is 2.25. The first-order valence-corrected chi connectivity index (χ1v) is 9.71. The van der Waals surface area contributed by atoms with E-state index < -0.39 is 0 Å². The predicted molar refractivity (Wildman–Crippen MR) is 112 cm³/mol. The summed E-state index contributed by atoms with van der Waals surface area (Å²) < 4.78 is 12.5. The SMILES string of the molecule is Cc1c(CN2CCN[C@@H](C)C2)cc(Cl)cc1NC=O.Cc1cnc(C)c(F)c1. The summed E-state index contributed by atoms with van der Waals surface area (Å²) in [7, 11) is 0. The molecule has 1 aliphatic rings. The molecule has 0 unspecified atom stereocenters. The van der Waals surface area contributed by atoms with Crippen LogP contribution in [0.2, 0.25) is 5.02 Å². The van der Waals surface area contributed by atoms with Crippen molar-refractivity contribution in [1.29, 1.82) is 0 Å². The van der Waals surface area contributed by atoms with Crippen LogP contribution in [0, 0.1) is 26.6 Å². The Morgan fingerprint density at radius 2 is 2.11 bits per heavy atom. The number of nitrogens with one attached hydrogen (secondary N) is 2. The van der Waals surface area contributed by atoms with Gasteiger partial charge in [0.25, 0.3) is 0 Å². The second-order valence-electron chi connectivity index (χ2n) is 7.17. The fraction of sp³-hybridized carbons (Fsp3) is 0.429. The van der Waals surface area contributed by atoms with E-state index in [0.717, 1.165) is 43.0 Å². The summed E-state index contributed by atoms with van der Waals surface area (Å²) in [6, 6.07) is 5.76. The zero-order chi connectivity index (χ0) is 20.7. The monoisotopic (exact) mass is 406 g/mol. The third-order valence-corrected chi connectivity index (χ3v) is 4.92. The highest BCUT2D eigenvalue weighted by molar-refractivity contribution is 6.31. The molecule has 1 aliphatic heterocycles. The standard InChI is InChI=1S/C14H20ClN3O.C7H8FN/c1-10-7-18(4-3-16-10)8-12-5-13(15)6-14(11(12)2)17-9-19;1-5-3-7(8)6(2)9-4-5/h5-6,9-10,16H,3-4,7-8H2,1-2H3,(H,17,19);3-4H,1-2H3/t10-;/m0./s1. The Kier molecular flexibility index (Phi) is 8.35. The molecule has 2 N–H and O–H groups in total. The van der Waals surface area contributed by atoms with Gasteiger partial charge in [-0.25, -0.2) is 4.39 Å². The molecule has 28 heavy (non-hydrogen) atoms. The van der Waals surface area contributed by atoms with Gasteiger partial charge in [0.1, 0.15) is 5.82 Å². The summed E-state index contributed by atoms with van der Waals surface area (Å²) in [6.07, 6.45) is 2.34. The van der Waals surface area contributed by atoms with Gasteiger partial charge in [0.05, 0.1) is 5.69 Å². The Hall–Kier alpha value is -2.02. The van der Waals surface area contributed by atoms with Gasteiger partial charge in [0, 0.05) is 49.1 Å². The molecule has 1 amide bonds. The van der Waals surface area contributed by atoms with Crippen LogP contribution < -0.4 is 10.6 Å². The Morgan fingerprint density at radius 1 is 1.36 bits per heavy atom. The van der Waals surface area contributed by atoms with Gasteiger partial charge in [-0.1, -0.05) is 11.6 Å². The summed E-state index contributed by atoms with van der Waals surface area (Å²) in [5.74, 6) is -0.227. The molecule has 5 nitrogen and oxygen atoms in total. The van der Waals surface area contributed by atoms with Crippen molar-refractivity contribution in [2.45, 2.75) is 40.3 Å². The fourth-order valence-electron chi connectivity index (χ4n) is 3.11. The van der Waals surface area contributed by atoms with E-state index in [1.54, 1.807) is 19.2 Å². The number of hydrogen-bond donors (Lipinski definition) is 2. The number of aryl methyl sites for hydroxylation is 2. The molecule has 1 aromatic heterocycles. The molecule has 3 rings (SSSR count). The van der Waals surface area contributed by atoms with Crippen molar-refractivity contribution in [2.75, 3.05) is 25.0 Å². The van der Waals surface area contributed by atoms with Crippen LogP contribution in [0.1, 0.15) is 29.3 Å². The van der Waals surface area contributed by atoms with Crippen LogP contribution in [-0.2, 0) is 11.3 Å². The minimum atomic E-state index is -0.227. The molecule has 0 bridgehead atoms. The average Bonchev–Trinajstić information content (AvgIpc) is 2.63. The molecule has 152 valence electrons. The lowest BCUT2D eigenvalue weighted by Crippen LogP contribution is -2.48. The lowest BCUT2D eigenvalue weighted by Gasteiger charge is -2.32. The lowest BCUT2D eigenvalue weighted by molar-refractivity contribution is -0.105. The Balaban J connectivity index is 0.000000261. The number of halogens is 2. The van der Waals surface area contributed by atoms with Gasteiger partial charge in [0.15, 0.2) is 0 Å². The number of hydrogen-bond acceptors (Lipinski definition) is 4. The summed E-state index contributed by atoms with van der Waals surface area (Å²) in [5, 5.41) is 6.80. The zero-order valence-corrected chi connectivity index (χ0v) is 17.6. The van der Waals surface area contributed by atoms with Crippen molar-refractivity contribution >= 4 is 23.7 Å². The minimum absolute atomic E-state index is 0.227. The van der Waals surface area contributed by atoms with Crippen LogP contribution in [0.5, 0.6) is 0 Å². The van der Waals surface area contributed by atoms with Crippen molar-refractivity contribution in [3.05, 3.63) is 57.6 Å². The van der Waals surface area contributed by atoms with E-state index in [1.165, 1.54) is 11.6 Å². The second-order valence-corrected chi connectivity index (χ2v) is 7.61. The first-order valence-electron chi connectivity index (χ1n) is 9.33. The topological polar surface area (TPSA) is 57.3 Å². The highest BCUT2D eigenvalue weighted by Gasteiger charge is 2.17. The lowest BCUT2D eigenvalue weighted by atomic mass is 10.1. The van der Waals surface area contributed by atoms with Gasteiger partial charge in [-0.15, -0.1) is 0 Å². The van der Waals surface area contributed by atoms with Crippen LogP contribution in [0.3, 0.4) is 0 Å². The van der Waals surface area contributed by atoms with Gasteiger partial charge in [-0.3, -0.25) is 14.7 Å². The summed E-state index contributed by atoms with van der Waals surface area (Å²) >= 11 is 6.12. The van der Waals surface area contributed by atoms with Gasteiger partial charge >= 0.3 is 0 Å². The van der Waals surface area contributed by atoms with E-state index in [9.17, 15) is 9.18 Å². The van der Waals surface area contributed by atoms with E-state index in [2.05, 4.69) is 27.4 Å². The van der Waals surface area contributed by atoms with Crippen molar-refractivity contribution in [2.24, 2.45) is 0 Å². The van der Waals surface area contributed by atoms with Crippen LogP contribution in [0.15, 0.2) is 24.4 Å². The number of pyridine rings is 1. The molecule has 0 radical (unpaired) electrons. The van der Waals surface area contributed by atoms with Crippen molar-refractivity contribution in [3.63, 3.8) is 0 Å². The fourth-order valence-corrected chi connectivity index (χ4v) is 3.35. The maximum Gasteiger partial charge on any atom is 0.211 e. The third-order valence-electron chi connectivity index (χ3n) is 4.70. The summed E-state index contributed by atoms with van der Waals surface area (Å²) in [6.45, 7) is 11.6. The number of rotatable bonds is 4. The normalized spacial score (nSPS) is 16.9. The molecular formula is C21H28ClFN4O. The molecule has 0 aliphatic carbocycles. The number of carbonyl (C=O) groups excluding carboxylic acids is 1. The molecule has 1 saturated heterocycles. The Bertz CT molecular complexity index is 815. The van der Waals surface area contributed by atoms with Crippen LogP contribution >= 0.6 is 11.6 Å². The quantitative estimate of drug-likeness (QED) is 0.757. The molecule has 2 aromatic rings. The first kappa shape index (κ1) is 22.3. The van der Waals surface area contributed by atoms with E-state index in [1.807, 2.05) is 19.9 Å². The number of nitrogens with zero attached hydrogens (tertiary/aromatic N) is 2. The number of amides is 1.